The number of rotatable bonds is 1. The number of aliphatic hydroxyl groups is 1. The minimum Gasteiger partial charge on any atom is -0.390 e. The maximum atomic E-state index is 9.08. The Kier molecular flexibility index (Phi) is 2.54. The molecule has 4 nitrogen and oxygen atoms in total. The van der Waals surface area contributed by atoms with Crippen molar-refractivity contribution in [2.45, 2.75) is 6.61 Å². The molecule has 3 rings (SSSR count). The molecule has 6 heteroatoms. The standard InChI is InChI=1S/C11H7BrClN3O/c12-8-2-10-7(1-9(8)13)11-15-6(4-17)3-16(11)5-14-10/h1-3,5,17H,4H2. The number of aromatic nitrogens is 3. The van der Waals surface area contributed by atoms with Crippen LogP contribution in [0.25, 0.3) is 16.6 Å². The highest BCUT2D eigenvalue weighted by Crippen LogP contribution is 2.29. The fourth-order valence-corrected chi connectivity index (χ4v) is 2.25. The molecule has 17 heavy (non-hydrogen) atoms. The van der Waals surface area contributed by atoms with Crippen LogP contribution in [-0.4, -0.2) is 19.5 Å². The SMILES string of the molecule is OCc1cn2cnc3cc(Br)c(Cl)cc3c2n1. The van der Waals surface area contributed by atoms with E-state index < -0.39 is 0 Å². The summed E-state index contributed by atoms with van der Waals surface area (Å²) in [4.78, 5) is 8.64. The highest BCUT2D eigenvalue weighted by Gasteiger charge is 2.08. The predicted octanol–water partition coefficient (Wildman–Crippen LogP) is 2.79. The first kappa shape index (κ1) is 11.0. The van der Waals surface area contributed by atoms with Crippen LogP contribution in [0, 0.1) is 0 Å². The summed E-state index contributed by atoms with van der Waals surface area (Å²) in [5.74, 6) is 0. The fourth-order valence-electron chi connectivity index (χ4n) is 1.75. The molecule has 0 aliphatic heterocycles. The molecule has 0 fully saturated rings. The minimum absolute atomic E-state index is 0.0898. The van der Waals surface area contributed by atoms with Crippen LogP contribution in [-0.2, 0) is 6.61 Å². The molecule has 2 heterocycles. The first-order valence-corrected chi connectivity index (χ1v) is 6.08. The molecule has 0 saturated heterocycles. The van der Waals surface area contributed by atoms with Crippen molar-refractivity contribution in [1.82, 2.24) is 14.4 Å². The van der Waals surface area contributed by atoms with Gasteiger partial charge in [0.2, 0.25) is 0 Å². The highest BCUT2D eigenvalue weighted by molar-refractivity contribution is 9.10. The lowest BCUT2D eigenvalue weighted by atomic mass is 10.2. The molecule has 1 N–H and O–H groups in total. The lowest BCUT2D eigenvalue weighted by molar-refractivity contribution is 0.277. The molecule has 0 atom stereocenters. The molecule has 0 saturated carbocycles. The second kappa shape index (κ2) is 3.94. The van der Waals surface area contributed by atoms with Crippen molar-refractivity contribution in [3.63, 3.8) is 0 Å². The van der Waals surface area contributed by atoms with Crippen LogP contribution < -0.4 is 0 Å². The van der Waals surface area contributed by atoms with Crippen molar-refractivity contribution in [3.05, 3.63) is 39.8 Å². The third-order valence-corrected chi connectivity index (χ3v) is 3.74. The summed E-state index contributed by atoms with van der Waals surface area (Å²) in [6, 6.07) is 3.67. The van der Waals surface area contributed by atoms with Gasteiger partial charge in [-0.25, -0.2) is 9.97 Å². The van der Waals surface area contributed by atoms with Gasteiger partial charge in [0.15, 0.2) is 0 Å². The topological polar surface area (TPSA) is 50.4 Å². The zero-order chi connectivity index (χ0) is 12.0. The second-order valence-corrected chi connectivity index (χ2v) is 4.91. The molecule has 0 unspecified atom stereocenters. The van der Waals surface area contributed by atoms with Gasteiger partial charge in [-0.2, -0.15) is 0 Å². The molecule has 0 amide bonds. The molecule has 0 aliphatic rings. The van der Waals surface area contributed by atoms with Crippen LogP contribution in [0.3, 0.4) is 0 Å². The Bertz CT molecular complexity index is 725. The van der Waals surface area contributed by atoms with Crippen molar-refractivity contribution < 1.29 is 5.11 Å². The van der Waals surface area contributed by atoms with Crippen molar-refractivity contribution in [2.75, 3.05) is 0 Å². The average Bonchev–Trinajstić information content (AvgIpc) is 2.74. The summed E-state index contributed by atoms with van der Waals surface area (Å²) in [7, 11) is 0. The van der Waals surface area contributed by atoms with Crippen molar-refractivity contribution in [2.24, 2.45) is 0 Å². The smallest absolute Gasteiger partial charge is 0.147 e. The van der Waals surface area contributed by atoms with Crippen LogP contribution in [0.5, 0.6) is 0 Å². The van der Waals surface area contributed by atoms with Gasteiger partial charge < -0.3 is 5.11 Å². The number of aliphatic hydroxyl groups excluding tert-OH is 1. The van der Waals surface area contributed by atoms with Gasteiger partial charge in [-0.15, -0.1) is 0 Å². The van der Waals surface area contributed by atoms with Crippen molar-refractivity contribution in [1.29, 1.82) is 0 Å². The summed E-state index contributed by atoms with van der Waals surface area (Å²) < 4.78 is 2.58. The third-order valence-electron chi connectivity index (χ3n) is 2.54. The number of nitrogens with zero attached hydrogens (tertiary/aromatic N) is 3. The van der Waals surface area contributed by atoms with Gasteiger partial charge in [0, 0.05) is 16.1 Å². The van der Waals surface area contributed by atoms with E-state index in [0.29, 0.717) is 10.7 Å². The maximum absolute atomic E-state index is 9.08. The highest BCUT2D eigenvalue weighted by atomic mass is 79.9. The van der Waals surface area contributed by atoms with Gasteiger partial charge in [0.05, 0.1) is 22.8 Å². The Morgan fingerprint density at radius 1 is 1.41 bits per heavy atom. The van der Waals surface area contributed by atoms with Crippen LogP contribution in [0.15, 0.2) is 29.1 Å². The summed E-state index contributed by atoms with van der Waals surface area (Å²) in [6.45, 7) is -0.0898. The summed E-state index contributed by atoms with van der Waals surface area (Å²) in [6.07, 6.45) is 3.42. The molecule has 1 aromatic carbocycles. The molecule has 0 bridgehead atoms. The van der Waals surface area contributed by atoms with Gasteiger partial charge in [-0.1, -0.05) is 11.6 Å². The molecular weight excluding hydrogens is 305 g/mol. The predicted molar refractivity (Wildman–Crippen MR) is 69.1 cm³/mol. The van der Waals surface area contributed by atoms with Gasteiger partial charge >= 0.3 is 0 Å². The molecule has 3 aromatic rings. The molecule has 0 radical (unpaired) electrons. The van der Waals surface area contributed by atoms with E-state index in [0.717, 1.165) is 21.0 Å². The number of imidazole rings is 1. The van der Waals surface area contributed by atoms with Gasteiger partial charge in [-0.05, 0) is 28.1 Å². The van der Waals surface area contributed by atoms with Crippen molar-refractivity contribution >= 4 is 44.1 Å². The van der Waals surface area contributed by atoms with E-state index in [1.165, 1.54) is 0 Å². The molecule has 0 aliphatic carbocycles. The van der Waals surface area contributed by atoms with Crippen LogP contribution in [0.1, 0.15) is 5.69 Å². The Morgan fingerprint density at radius 3 is 3.00 bits per heavy atom. The summed E-state index contributed by atoms with van der Waals surface area (Å²) >= 11 is 9.43. The second-order valence-electron chi connectivity index (χ2n) is 3.65. The van der Waals surface area contributed by atoms with E-state index in [1.54, 1.807) is 16.9 Å². The largest absolute Gasteiger partial charge is 0.390 e. The van der Waals surface area contributed by atoms with Crippen molar-refractivity contribution in [3.8, 4) is 0 Å². The monoisotopic (exact) mass is 311 g/mol. The normalized spacial score (nSPS) is 11.5. The summed E-state index contributed by atoms with van der Waals surface area (Å²) in [5, 5.41) is 10.6. The van der Waals surface area contributed by atoms with Gasteiger partial charge in [0.25, 0.3) is 0 Å². The Balaban J connectivity index is 2.45. The third kappa shape index (κ3) is 1.71. The number of benzene rings is 1. The Morgan fingerprint density at radius 2 is 2.24 bits per heavy atom. The lowest BCUT2D eigenvalue weighted by Gasteiger charge is -2.02. The van der Waals surface area contributed by atoms with Gasteiger partial charge in [0.1, 0.15) is 12.0 Å². The Hall–Kier alpha value is -1.17. The first-order chi connectivity index (χ1) is 8.19. The lowest BCUT2D eigenvalue weighted by Crippen LogP contribution is -1.89. The van der Waals surface area contributed by atoms with Crippen LogP contribution >= 0.6 is 27.5 Å². The molecule has 0 spiro atoms. The van der Waals surface area contributed by atoms with Crippen LogP contribution in [0.4, 0.5) is 0 Å². The average molecular weight is 313 g/mol. The first-order valence-electron chi connectivity index (χ1n) is 4.91. The van der Waals surface area contributed by atoms with E-state index >= 15 is 0 Å². The molecule has 2 aromatic heterocycles. The zero-order valence-electron chi connectivity index (χ0n) is 8.56. The number of fused-ring (bicyclic) bond motifs is 3. The van der Waals surface area contributed by atoms with Gasteiger partial charge in [-0.3, -0.25) is 4.40 Å². The van der Waals surface area contributed by atoms with E-state index in [1.807, 2.05) is 12.1 Å². The zero-order valence-corrected chi connectivity index (χ0v) is 10.9. The molecular formula is C11H7BrClN3O. The molecule has 86 valence electrons. The number of hydrogen-bond donors (Lipinski definition) is 1. The van der Waals surface area contributed by atoms with E-state index in [-0.39, 0.29) is 6.61 Å². The Labute approximate surface area is 110 Å². The van der Waals surface area contributed by atoms with Crippen LogP contribution in [0.2, 0.25) is 5.02 Å². The number of hydrogen-bond acceptors (Lipinski definition) is 3. The van der Waals surface area contributed by atoms with E-state index in [9.17, 15) is 0 Å². The maximum Gasteiger partial charge on any atom is 0.147 e. The summed E-state index contributed by atoms with van der Waals surface area (Å²) in [5.41, 5.74) is 2.16. The minimum atomic E-state index is -0.0898. The number of halogens is 2. The van der Waals surface area contributed by atoms with E-state index in [2.05, 4.69) is 25.9 Å². The quantitative estimate of drug-likeness (QED) is 0.752. The van der Waals surface area contributed by atoms with E-state index in [4.69, 9.17) is 16.7 Å². The fraction of sp³-hybridized carbons (Fsp3) is 0.0909.